The van der Waals surface area contributed by atoms with Crippen molar-refractivity contribution in [1.29, 1.82) is 0 Å². The first kappa shape index (κ1) is 12.8. The van der Waals surface area contributed by atoms with Gasteiger partial charge in [-0.2, -0.15) is 0 Å². The fourth-order valence-electron chi connectivity index (χ4n) is 1.74. The molecule has 0 aliphatic rings. The van der Waals surface area contributed by atoms with Crippen molar-refractivity contribution >= 4 is 17.3 Å². The molecule has 0 aromatic heterocycles. The Bertz CT molecular complexity index is 597. The number of nitro benzene ring substituents is 1. The number of benzene rings is 2. The van der Waals surface area contributed by atoms with Gasteiger partial charge in [0.1, 0.15) is 0 Å². The summed E-state index contributed by atoms with van der Waals surface area (Å²) in [6.45, 7) is 0. The van der Waals surface area contributed by atoms with E-state index in [0.29, 0.717) is 11.3 Å². The van der Waals surface area contributed by atoms with E-state index in [1.54, 1.807) is 42.5 Å². The molecule has 0 saturated carbocycles. The second-order valence-electron chi connectivity index (χ2n) is 3.98. The Hall–Kier alpha value is -2.69. The van der Waals surface area contributed by atoms with Gasteiger partial charge in [0.25, 0.3) is 5.69 Å². The lowest BCUT2D eigenvalue weighted by Gasteiger charge is -2.05. The molecule has 0 aliphatic heterocycles. The number of carbonyl (C=O) groups is 1. The number of hydrogen-bond acceptors (Lipinski definition) is 3. The number of nitrogens with zero attached hydrogens (tertiary/aromatic N) is 1. The van der Waals surface area contributed by atoms with Crippen molar-refractivity contribution < 1.29 is 9.72 Å². The lowest BCUT2D eigenvalue weighted by atomic mass is 10.1. The Morgan fingerprint density at radius 3 is 2.37 bits per heavy atom. The molecule has 0 radical (unpaired) electrons. The van der Waals surface area contributed by atoms with Gasteiger partial charge in [0.2, 0.25) is 5.91 Å². The van der Waals surface area contributed by atoms with Gasteiger partial charge < -0.3 is 5.32 Å². The van der Waals surface area contributed by atoms with Crippen molar-refractivity contribution in [3.05, 3.63) is 70.3 Å². The Labute approximate surface area is 110 Å². The summed E-state index contributed by atoms with van der Waals surface area (Å²) in [6, 6.07) is 15.2. The Morgan fingerprint density at radius 1 is 1.05 bits per heavy atom. The summed E-state index contributed by atoms with van der Waals surface area (Å²) in [5, 5.41) is 13.5. The molecule has 0 heterocycles. The molecule has 5 nitrogen and oxygen atoms in total. The average Bonchev–Trinajstić information content (AvgIpc) is 2.40. The molecule has 0 aliphatic carbocycles. The summed E-state index contributed by atoms with van der Waals surface area (Å²) in [6.07, 6.45) is -0.0218. The van der Waals surface area contributed by atoms with E-state index in [9.17, 15) is 14.9 Å². The molecule has 2 aromatic carbocycles. The van der Waals surface area contributed by atoms with Crippen molar-refractivity contribution in [2.75, 3.05) is 5.32 Å². The Balaban J connectivity index is 2.09. The number of amides is 1. The molecule has 2 rings (SSSR count). The molecule has 0 atom stereocenters. The summed E-state index contributed by atoms with van der Waals surface area (Å²) in [7, 11) is 0. The van der Waals surface area contributed by atoms with Crippen LogP contribution in [0.15, 0.2) is 54.6 Å². The van der Waals surface area contributed by atoms with Crippen molar-refractivity contribution in [2.24, 2.45) is 0 Å². The van der Waals surface area contributed by atoms with Crippen LogP contribution in [0.5, 0.6) is 0 Å². The highest BCUT2D eigenvalue weighted by atomic mass is 16.6. The molecule has 1 N–H and O–H groups in total. The summed E-state index contributed by atoms with van der Waals surface area (Å²) >= 11 is 0. The van der Waals surface area contributed by atoms with Crippen molar-refractivity contribution in [1.82, 2.24) is 0 Å². The van der Waals surface area contributed by atoms with E-state index >= 15 is 0 Å². The fourth-order valence-corrected chi connectivity index (χ4v) is 1.74. The van der Waals surface area contributed by atoms with Crippen molar-refractivity contribution in [2.45, 2.75) is 6.42 Å². The molecular weight excluding hydrogens is 244 g/mol. The molecule has 19 heavy (non-hydrogen) atoms. The number of anilines is 1. The van der Waals surface area contributed by atoms with Crippen LogP contribution in [-0.2, 0) is 11.2 Å². The number of rotatable bonds is 4. The van der Waals surface area contributed by atoms with E-state index in [1.807, 2.05) is 6.07 Å². The van der Waals surface area contributed by atoms with Crippen LogP contribution < -0.4 is 5.32 Å². The van der Waals surface area contributed by atoms with Crippen LogP contribution in [0.4, 0.5) is 11.4 Å². The highest BCUT2D eigenvalue weighted by molar-refractivity contribution is 5.92. The predicted octanol–water partition coefficient (Wildman–Crippen LogP) is 2.78. The number of nitro groups is 1. The number of nitrogens with one attached hydrogen (secondary N) is 1. The van der Waals surface area contributed by atoms with Crippen LogP contribution in [0.2, 0.25) is 0 Å². The predicted molar refractivity (Wildman–Crippen MR) is 71.9 cm³/mol. The van der Waals surface area contributed by atoms with Gasteiger partial charge >= 0.3 is 0 Å². The quantitative estimate of drug-likeness (QED) is 0.675. The minimum atomic E-state index is -0.481. The zero-order valence-corrected chi connectivity index (χ0v) is 10.1. The maximum Gasteiger partial charge on any atom is 0.273 e. The second-order valence-corrected chi connectivity index (χ2v) is 3.98. The molecule has 0 unspecified atom stereocenters. The van der Waals surface area contributed by atoms with E-state index in [0.717, 1.165) is 0 Å². The molecule has 0 saturated heterocycles. The number of hydrogen-bond donors (Lipinski definition) is 1. The van der Waals surface area contributed by atoms with Crippen molar-refractivity contribution in [3.8, 4) is 0 Å². The fraction of sp³-hybridized carbons (Fsp3) is 0.0714. The number of para-hydroxylation sites is 2. The third-order valence-corrected chi connectivity index (χ3v) is 2.60. The van der Waals surface area contributed by atoms with Crippen LogP contribution in [0.1, 0.15) is 5.56 Å². The average molecular weight is 256 g/mol. The van der Waals surface area contributed by atoms with E-state index < -0.39 is 4.92 Å². The van der Waals surface area contributed by atoms with Gasteiger partial charge in [0.05, 0.1) is 11.3 Å². The van der Waals surface area contributed by atoms with Gasteiger partial charge in [0.15, 0.2) is 0 Å². The van der Waals surface area contributed by atoms with Crippen LogP contribution in [-0.4, -0.2) is 10.8 Å². The zero-order chi connectivity index (χ0) is 13.7. The largest absolute Gasteiger partial charge is 0.326 e. The molecule has 0 fully saturated rings. The molecule has 96 valence electrons. The highest BCUT2D eigenvalue weighted by Crippen LogP contribution is 2.18. The molecule has 2 aromatic rings. The Kier molecular flexibility index (Phi) is 3.87. The summed E-state index contributed by atoms with van der Waals surface area (Å²) in [4.78, 5) is 22.2. The monoisotopic (exact) mass is 256 g/mol. The van der Waals surface area contributed by atoms with E-state index in [4.69, 9.17) is 0 Å². The van der Waals surface area contributed by atoms with Gasteiger partial charge in [-0.1, -0.05) is 36.4 Å². The highest BCUT2D eigenvalue weighted by Gasteiger charge is 2.15. The van der Waals surface area contributed by atoms with E-state index in [1.165, 1.54) is 6.07 Å². The smallest absolute Gasteiger partial charge is 0.273 e. The third-order valence-electron chi connectivity index (χ3n) is 2.60. The van der Waals surface area contributed by atoms with Crippen LogP contribution in [0.3, 0.4) is 0 Å². The summed E-state index contributed by atoms with van der Waals surface area (Å²) < 4.78 is 0. The van der Waals surface area contributed by atoms with Crippen LogP contribution in [0.25, 0.3) is 0 Å². The zero-order valence-electron chi connectivity index (χ0n) is 10.1. The first-order valence-electron chi connectivity index (χ1n) is 5.74. The molecule has 0 spiro atoms. The lowest BCUT2D eigenvalue weighted by molar-refractivity contribution is -0.385. The molecule has 0 bridgehead atoms. The van der Waals surface area contributed by atoms with Crippen LogP contribution >= 0.6 is 0 Å². The van der Waals surface area contributed by atoms with Gasteiger partial charge in [-0.25, -0.2) is 0 Å². The van der Waals surface area contributed by atoms with E-state index in [2.05, 4.69) is 5.32 Å². The number of carbonyl (C=O) groups excluding carboxylic acids is 1. The van der Waals surface area contributed by atoms with Gasteiger partial charge in [0, 0.05) is 17.3 Å². The third kappa shape index (κ3) is 3.38. The lowest BCUT2D eigenvalue weighted by Crippen LogP contribution is -2.15. The maximum absolute atomic E-state index is 11.8. The van der Waals surface area contributed by atoms with Crippen molar-refractivity contribution in [3.63, 3.8) is 0 Å². The van der Waals surface area contributed by atoms with Gasteiger partial charge in [-0.3, -0.25) is 14.9 Å². The standard InChI is InChI=1S/C14H12N2O3/c17-14(15-12-7-2-1-3-8-12)10-11-6-4-5-9-13(11)16(18)19/h1-9H,10H2,(H,15,17). The van der Waals surface area contributed by atoms with E-state index in [-0.39, 0.29) is 18.0 Å². The molecular formula is C14H12N2O3. The maximum atomic E-state index is 11.8. The van der Waals surface area contributed by atoms with Crippen LogP contribution in [0, 0.1) is 10.1 Å². The van der Waals surface area contributed by atoms with Gasteiger partial charge in [-0.15, -0.1) is 0 Å². The first-order chi connectivity index (χ1) is 9.16. The summed E-state index contributed by atoms with van der Waals surface area (Å²) in [5.41, 5.74) is 1.04. The van der Waals surface area contributed by atoms with Gasteiger partial charge in [-0.05, 0) is 12.1 Å². The topological polar surface area (TPSA) is 72.2 Å². The SMILES string of the molecule is O=C(Cc1ccccc1[N+](=O)[O-])Nc1ccccc1. The normalized spacial score (nSPS) is 9.89. The summed E-state index contributed by atoms with van der Waals surface area (Å²) in [5.74, 6) is -0.277. The molecule has 1 amide bonds. The second kappa shape index (κ2) is 5.77. The Morgan fingerprint density at radius 2 is 1.68 bits per heavy atom. The first-order valence-corrected chi connectivity index (χ1v) is 5.74. The minimum Gasteiger partial charge on any atom is -0.326 e. The molecule has 5 heteroatoms. The minimum absolute atomic E-state index is 0.0218.